The average Bonchev–Trinajstić information content (AvgIpc) is 3.31. The summed E-state index contributed by atoms with van der Waals surface area (Å²) in [6.45, 7) is 1.27. The lowest BCUT2D eigenvalue weighted by atomic mass is 9.97. The van der Waals surface area contributed by atoms with Gasteiger partial charge in [-0.15, -0.1) is 11.3 Å². The fourth-order valence-electron chi connectivity index (χ4n) is 3.10. The summed E-state index contributed by atoms with van der Waals surface area (Å²) in [5.41, 5.74) is 1.39. The zero-order valence-electron chi connectivity index (χ0n) is 13.7. The number of hydrogen-bond donors (Lipinski definition) is 0. The van der Waals surface area contributed by atoms with Crippen molar-refractivity contribution in [1.82, 2.24) is 15.0 Å². The number of nitrogens with zero attached hydrogens (tertiary/aromatic N) is 3. The standard InChI is InChI=1S/C18H15BrFN3O2S/c19-15-14(7-9-26-15)18(24)23-8-1-2-12(10-23)17-21-16(22-25-17)11-3-5-13(20)6-4-11/h3-7,9,12H,1-2,8,10H2/t12-/m0/s1. The maximum Gasteiger partial charge on any atom is 0.255 e. The SMILES string of the molecule is O=C(c1ccsc1Br)N1CCC[C@H](c2nc(-c3ccc(F)cc3)no2)C1. The molecule has 1 aliphatic rings. The quantitative estimate of drug-likeness (QED) is 0.596. The first-order valence-electron chi connectivity index (χ1n) is 8.23. The highest BCUT2D eigenvalue weighted by atomic mass is 79.9. The maximum absolute atomic E-state index is 13.1. The first kappa shape index (κ1) is 17.4. The van der Waals surface area contributed by atoms with Crippen LogP contribution in [0, 0.1) is 5.82 Å². The average molecular weight is 436 g/mol. The Kier molecular flexibility index (Phi) is 4.86. The van der Waals surface area contributed by atoms with Crippen molar-refractivity contribution in [3.8, 4) is 11.4 Å². The summed E-state index contributed by atoms with van der Waals surface area (Å²) in [4.78, 5) is 19.0. The van der Waals surface area contributed by atoms with E-state index in [0.717, 1.165) is 23.2 Å². The van der Waals surface area contributed by atoms with E-state index in [1.165, 1.54) is 23.5 Å². The van der Waals surface area contributed by atoms with E-state index in [1.807, 2.05) is 16.3 Å². The monoisotopic (exact) mass is 435 g/mol. The molecule has 1 aromatic carbocycles. The summed E-state index contributed by atoms with van der Waals surface area (Å²) in [7, 11) is 0. The predicted octanol–water partition coefficient (Wildman–Crippen LogP) is 4.72. The van der Waals surface area contributed by atoms with Gasteiger partial charge in [-0.3, -0.25) is 4.79 Å². The number of benzene rings is 1. The Bertz CT molecular complexity index is 925. The lowest BCUT2D eigenvalue weighted by molar-refractivity contribution is 0.0695. The molecular formula is C18H15BrFN3O2S. The number of rotatable bonds is 3. The highest BCUT2D eigenvalue weighted by Gasteiger charge is 2.30. The number of carbonyl (C=O) groups excluding carboxylic acids is 1. The first-order valence-corrected chi connectivity index (χ1v) is 9.91. The molecule has 5 nitrogen and oxygen atoms in total. The molecule has 0 spiro atoms. The van der Waals surface area contributed by atoms with Gasteiger partial charge in [0.2, 0.25) is 11.7 Å². The van der Waals surface area contributed by atoms with Gasteiger partial charge >= 0.3 is 0 Å². The number of thiophene rings is 1. The molecule has 8 heteroatoms. The molecule has 3 heterocycles. The van der Waals surface area contributed by atoms with Crippen LogP contribution in [0.4, 0.5) is 4.39 Å². The Morgan fingerprint density at radius 2 is 2.12 bits per heavy atom. The van der Waals surface area contributed by atoms with Crippen molar-refractivity contribution < 1.29 is 13.7 Å². The Balaban J connectivity index is 1.51. The third kappa shape index (κ3) is 3.43. The second kappa shape index (κ2) is 7.28. The van der Waals surface area contributed by atoms with Crippen LogP contribution in [0.15, 0.2) is 44.0 Å². The van der Waals surface area contributed by atoms with E-state index in [1.54, 1.807) is 12.1 Å². The van der Waals surface area contributed by atoms with Crippen LogP contribution in [0.25, 0.3) is 11.4 Å². The van der Waals surface area contributed by atoms with Crippen LogP contribution in [-0.2, 0) is 0 Å². The van der Waals surface area contributed by atoms with Crippen molar-refractivity contribution in [2.75, 3.05) is 13.1 Å². The molecule has 0 N–H and O–H groups in total. The second-order valence-corrected chi connectivity index (χ2v) is 8.40. The van der Waals surface area contributed by atoms with Gasteiger partial charge in [-0.2, -0.15) is 4.98 Å². The van der Waals surface area contributed by atoms with E-state index >= 15 is 0 Å². The normalized spacial score (nSPS) is 17.5. The van der Waals surface area contributed by atoms with Gasteiger partial charge in [0.1, 0.15) is 5.82 Å². The summed E-state index contributed by atoms with van der Waals surface area (Å²) < 4.78 is 19.3. The third-order valence-corrected chi connectivity index (χ3v) is 6.14. The molecule has 1 saturated heterocycles. The van der Waals surface area contributed by atoms with E-state index in [0.29, 0.717) is 29.4 Å². The minimum atomic E-state index is -0.307. The summed E-state index contributed by atoms with van der Waals surface area (Å²) >= 11 is 4.93. The number of amides is 1. The first-order chi connectivity index (χ1) is 12.6. The molecule has 0 unspecified atom stereocenters. The Morgan fingerprint density at radius 1 is 1.31 bits per heavy atom. The van der Waals surface area contributed by atoms with Gasteiger partial charge in [0.05, 0.1) is 15.3 Å². The molecule has 1 atom stereocenters. The predicted molar refractivity (Wildman–Crippen MR) is 99.6 cm³/mol. The molecule has 0 aliphatic carbocycles. The minimum absolute atomic E-state index is 0.00631. The molecule has 0 saturated carbocycles. The fraction of sp³-hybridized carbons (Fsp3) is 0.278. The zero-order valence-corrected chi connectivity index (χ0v) is 16.1. The van der Waals surface area contributed by atoms with Crippen molar-refractivity contribution in [2.45, 2.75) is 18.8 Å². The molecule has 2 aromatic heterocycles. The van der Waals surface area contributed by atoms with Crippen LogP contribution >= 0.6 is 27.3 Å². The lowest BCUT2D eigenvalue weighted by Crippen LogP contribution is -2.39. The van der Waals surface area contributed by atoms with Crippen molar-refractivity contribution in [1.29, 1.82) is 0 Å². The second-order valence-electron chi connectivity index (χ2n) is 6.16. The van der Waals surface area contributed by atoms with Gasteiger partial charge in [0, 0.05) is 18.7 Å². The molecule has 0 radical (unpaired) electrons. The van der Waals surface area contributed by atoms with Gasteiger partial charge in [-0.1, -0.05) is 5.16 Å². The molecule has 1 fully saturated rings. The zero-order chi connectivity index (χ0) is 18.1. The molecule has 26 heavy (non-hydrogen) atoms. The number of halogens is 2. The van der Waals surface area contributed by atoms with E-state index in [4.69, 9.17) is 4.52 Å². The Hall–Kier alpha value is -2.06. The number of hydrogen-bond acceptors (Lipinski definition) is 5. The molecule has 1 amide bonds. The van der Waals surface area contributed by atoms with Crippen LogP contribution < -0.4 is 0 Å². The molecule has 134 valence electrons. The van der Waals surface area contributed by atoms with E-state index < -0.39 is 0 Å². The van der Waals surface area contributed by atoms with E-state index in [9.17, 15) is 9.18 Å². The van der Waals surface area contributed by atoms with Crippen molar-refractivity contribution in [2.24, 2.45) is 0 Å². The van der Waals surface area contributed by atoms with Crippen molar-refractivity contribution in [3.05, 3.63) is 56.8 Å². The van der Waals surface area contributed by atoms with Gasteiger partial charge in [0.25, 0.3) is 5.91 Å². The molecular weight excluding hydrogens is 421 g/mol. The summed E-state index contributed by atoms with van der Waals surface area (Å²) in [6, 6.07) is 7.81. The topological polar surface area (TPSA) is 59.2 Å². The van der Waals surface area contributed by atoms with E-state index in [2.05, 4.69) is 26.1 Å². The van der Waals surface area contributed by atoms with Gasteiger partial charge in [0.15, 0.2) is 0 Å². The molecule has 1 aliphatic heterocycles. The summed E-state index contributed by atoms with van der Waals surface area (Å²) in [5.74, 6) is 0.668. The summed E-state index contributed by atoms with van der Waals surface area (Å²) in [6.07, 6.45) is 1.77. The maximum atomic E-state index is 13.1. The number of likely N-dealkylation sites (tertiary alicyclic amines) is 1. The van der Waals surface area contributed by atoms with Crippen LogP contribution in [0.5, 0.6) is 0 Å². The van der Waals surface area contributed by atoms with Crippen LogP contribution in [-0.4, -0.2) is 34.0 Å². The number of piperidine rings is 1. The minimum Gasteiger partial charge on any atom is -0.339 e. The van der Waals surface area contributed by atoms with Crippen LogP contribution in [0.2, 0.25) is 0 Å². The lowest BCUT2D eigenvalue weighted by Gasteiger charge is -2.31. The Labute approximate surface area is 162 Å². The largest absolute Gasteiger partial charge is 0.339 e. The van der Waals surface area contributed by atoms with Crippen molar-refractivity contribution in [3.63, 3.8) is 0 Å². The summed E-state index contributed by atoms with van der Waals surface area (Å²) in [5, 5.41) is 5.90. The molecule has 4 rings (SSSR count). The van der Waals surface area contributed by atoms with Crippen molar-refractivity contribution >= 4 is 33.2 Å². The van der Waals surface area contributed by atoms with Crippen LogP contribution in [0.3, 0.4) is 0 Å². The van der Waals surface area contributed by atoms with Gasteiger partial charge in [-0.05, 0) is 64.5 Å². The Morgan fingerprint density at radius 3 is 2.85 bits per heavy atom. The highest BCUT2D eigenvalue weighted by molar-refractivity contribution is 9.11. The number of aromatic nitrogens is 2. The third-order valence-electron chi connectivity index (χ3n) is 4.45. The van der Waals surface area contributed by atoms with E-state index in [-0.39, 0.29) is 17.6 Å². The van der Waals surface area contributed by atoms with Crippen LogP contribution in [0.1, 0.15) is 35.0 Å². The fourth-order valence-corrected chi connectivity index (χ4v) is 4.33. The highest BCUT2D eigenvalue weighted by Crippen LogP contribution is 2.30. The van der Waals surface area contributed by atoms with Gasteiger partial charge < -0.3 is 9.42 Å². The number of carbonyl (C=O) groups is 1. The smallest absolute Gasteiger partial charge is 0.255 e. The molecule has 3 aromatic rings. The molecule has 0 bridgehead atoms. The van der Waals surface area contributed by atoms with Gasteiger partial charge in [-0.25, -0.2) is 4.39 Å².